The van der Waals surface area contributed by atoms with Gasteiger partial charge in [-0.1, -0.05) is 144 Å². The molecule has 1 aliphatic rings. The zero-order valence-corrected chi connectivity index (χ0v) is 24.8. The predicted molar refractivity (Wildman–Crippen MR) is 184 cm³/mol. The SMILES string of the molecule is C[Si]1(C)c2ccccc2B(n2c3ccccc3c3ccc4c(c5ccccc5n4-c4ccccc4)c32)c2ccccc21. The summed E-state index contributed by atoms with van der Waals surface area (Å²) >= 11 is 0. The van der Waals surface area contributed by atoms with Crippen LogP contribution in [0.4, 0.5) is 0 Å². The highest BCUT2D eigenvalue weighted by atomic mass is 28.3. The van der Waals surface area contributed by atoms with E-state index in [0.717, 1.165) is 0 Å². The number of nitrogens with zero attached hydrogens (tertiary/aromatic N) is 2. The van der Waals surface area contributed by atoms with Gasteiger partial charge >= 0.3 is 6.85 Å². The maximum absolute atomic E-state index is 2.68. The first-order valence-corrected chi connectivity index (χ1v) is 17.8. The van der Waals surface area contributed by atoms with Crippen LogP contribution in [0.3, 0.4) is 0 Å². The molecule has 42 heavy (non-hydrogen) atoms. The van der Waals surface area contributed by atoms with Gasteiger partial charge in [-0.2, -0.15) is 0 Å². The molecule has 0 unspecified atom stereocenters. The van der Waals surface area contributed by atoms with E-state index in [1.165, 1.54) is 60.2 Å². The highest BCUT2D eigenvalue weighted by Crippen LogP contribution is 2.40. The van der Waals surface area contributed by atoms with Crippen LogP contribution in [0, 0.1) is 0 Å². The largest absolute Gasteiger partial charge is 0.375 e. The van der Waals surface area contributed by atoms with E-state index in [9.17, 15) is 0 Å². The molecule has 1 aliphatic heterocycles. The third-order valence-electron chi connectivity index (χ3n) is 9.64. The van der Waals surface area contributed by atoms with E-state index in [4.69, 9.17) is 0 Å². The fourth-order valence-electron chi connectivity index (χ4n) is 7.87. The minimum Gasteiger partial charge on any atom is -0.375 e. The van der Waals surface area contributed by atoms with Crippen molar-refractivity contribution in [1.29, 1.82) is 0 Å². The van der Waals surface area contributed by atoms with Crippen LogP contribution in [-0.4, -0.2) is 24.0 Å². The van der Waals surface area contributed by atoms with Gasteiger partial charge in [-0.15, -0.1) is 0 Å². The van der Waals surface area contributed by atoms with Gasteiger partial charge in [-0.3, -0.25) is 0 Å². The van der Waals surface area contributed by atoms with E-state index in [0.29, 0.717) is 0 Å². The highest BCUT2D eigenvalue weighted by Gasteiger charge is 2.42. The molecule has 0 amide bonds. The van der Waals surface area contributed by atoms with Gasteiger partial charge in [0.05, 0.1) is 11.0 Å². The first-order valence-electron chi connectivity index (χ1n) is 14.8. The molecule has 198 valence electrons. The fourth-order valence-corrected chi connectivity index (χ4v) is 11.1. The molecule has 0 fully saturated rings. The van der Waals surface area contributed by atoms with E-state index in [1.807, 2.05) is 0 Å². The van der Waals surface area contributed by atoms with Crippen LogP contribution in [0.2, 0.25) is 13.1 Å². The molecule has 3 heterocycles. The number of hydrogen-bond acceptors (Lipinski definition) is 0. The summed E-state index contributed by atoms with van der Waals surface area (Å²) in [5.74, 6) is 0. The van der Waals surface area contributed by atoms with Gasteiger partial charge in [-0.25, -0.2) is 0 Å². The molecule has 0 radical (unpaired) electrons. The van der Waals surface area contributed by atoms with Crippen molar-refractivity contribution >= 4 is 79.8 Å². The summed E-state index contributed by atoms with van der Waals surface area (Å²) in [5.41, 5.74) is 9.15. The molecular weight excluding hydrogens is 523 g/mol. The smallest absolute Gasteiger partial charge is 0.328 e. The second-order valence-corrected chi connectivity index (χ2v) is 16.5. The molecule has 0 bridgehead atoms. The van der Waals surface area contributed by atoms with E-state index in [2.05, 4.69) is 162 Å². The lowest BCUT2D eigenvalue weighted by Gasteiger charge is -2.37. The van der Waals surface area contributed by atoms with Gasteiger partial charge in [0.25, 0.3) is 0 Å². The number of hydrogen-bond donors (Lipinski definition) is 0. The Bertz CT molecular complexity index is 2300. The lowest BCUT2D eigenvalue weighted by atomic mass is 9.49. The van der Waals surface area contributed by atoms with Gasteiger partial charge in [0.2, 0.25) is 0 Å². The third kappa shape index (κ3) is 3.05. The molecule has 0 aliphatic carbocycles. The zero-order valence-electron chi connectivity index (χ0n) is 23.8. The predicted octanol–water partition coefficient (Wildman–Crippen LogP) is 6.68. The normalized spacial score (nSPS) is 14.1. The minimum absolute atomic E-state index is 0.0877. The molecule has 2 aromatic heterocycles. The Labute approximate surface area is 246 Å². The lowest BCUT2D eigenvalue weighted by molar-refractivity contribution is 1.18. The van der Waals surface area contributed by atoms with Crippen molar-refractivity contribution in [2.45, 2.75) is 13.1 Å². The standard InChI is InChI=1S/C38H29BN2Si/c1-42(2)35-22-12-8-18-30(35)39(31-19-9-13-23-36(31)42)41-33-21-11-6-16-27(33)28-24-25-34-37(38(28)41)29-17-7-10-20-32(29)40(34)26-14-4-3-5-15-26/h3-25H,1-2H3. The average molecular weight is 553 g/mol. The second kappa shape index (κ2) is 8.61. The van der Waals surface area contributed by atoms with Gasteiger partial charge in [0, 0.05) is 38.3 Å². The Morgan fingerprint density at radius 2 is 1.05 bits per heavy atom. The van der Waals surface area contributed by atoms with Crippen LogP contribution < -0.4 is 21.3 Å². The zero-order chi connectivity index (χ0) is 28.0. The number of para-hydroxylation sites is 3. The van der Waals surface area contributed by atoms with Gasteiger partial charge < -0.3 is 9.05 Å². The monoisotopic (exact) mass is 552 g/mol. The molecule has 8 aromatic rings. The number of aromatic nitrogens is 2. The number of rotatable bonds is 2. The molecular formula is C38H29BN2Si. The Hall–Kier alpha value is -4.80. The average Bonchev–Trinajstić information content (AvgIpc) is 3.55. The van der Waals surface area contributed by atoms with Gasteiger partial charge in [-0.05, 0) is 30.3 Å². The summed E-state index contributed by atoms with van der Waals surface area (Å²) in [4.78, 5) is 0. The van der Waals surface area contributed by atoms with Crippen LogP contribution in [-0.2, 0) is 0 Å². The number of benzene rings is 6. The maximum Gasteiger partial charge on any atom is 0.328 e. The van der Waals surface area contributed by atoms with E-state index >= 15 is 0 Å². The van der Waals surface area contributed by atoms with Crippen LogP contribution in [0.5, 0.6) is 0 Å². The molecule has 6 aromatic carbocycles. The van der Waals surface area contributed by atoms with Crippen molar-refractivity contribution in [2.75, 3.05) is 0 Å². The van der Waals surface area contributed by atoms with Crippen LogP contribution in [0.15, 0.2) is 140 Å². The van der Waals surface area contributed by atoms with Crippen molar-refractivity contribution in [3.05, 3.63) is 140 Å². The Balaban J connectivity index is 1.51. The molecule has 0 saturated heterocycles. The summed E-state index contributed by atoms with van der Waals surface area (Å²) in [7, 11) is -1.88. The molecule has 4 heteroatoms. The lowest BCUT2D eigenvalue weighted by Crippen LogP contribution is -2.75. The summed E-state index contributed by atoms with van der Waals surface area (Å²) < 4.78 is 5.11. The first kappa shape index (κ1) is 23.9. The van der Waals surface area contributed by atoms with Crippen molar-refractivity contribution in [2.24, 2.45) is 0 Å². The Morgan fingerprint density at radius 3 is 1.76 bits per heavy atom. The van der Waals surface area contributed by atoms with Gasteiger partial charge in [0.15, 0.2) is 0 Å². The topological polar surface area (TPSA) is 9.86 Å². The second-order valence-electron chi connectivity index (χ2n) is 12.1. The quantitative estimate of drug-likeness (QED) is 0.212. The van der Waals surface area contributed by atoms with Crippen molar-refractivity contribution in [3.63, 3.8) is 0 Å². The molecule has 0 spiro atoms. The number of fused-ring (bicyclic) bond motifs is 9. The van der Waals surface area contributed by atoms with Crippen molar-refractivity contribution in [3.8, 4) is 5.69 Å². The minimum atomic E-state index is -1.88. The first-order chi connectivity index (χ1) is 20.6. The summed E-state index contributed by atoms with van der Waals surface area (Å²) in [5, 5.41) is 8.31. The highest BCUT2D eigenvalue weighted by molar-refractivity contribution is 7.11. The Morgan fingerprint density at radius 1 is 0.476 bits per heavy atom. The fraction of sp³-hybridized carbons (Fsp3) is 0.0526. The van der Waals surface area contributed by atoms with Crippen LogP contribution in [0.1, 0.15) is 0 Å². The molecule has 9 rings (SSSR count). The van der Waals surface area contributed by atoms with E-state index < -0.39 is 8.07 Å². The van der Waals surface area contributed by atoms with Gasteiger partial charge in [0.1, 0.15) is 8.07 Å². The summed E-state index contributed by atoms with van der Waals surface area (Å²) in [6, 6.07) is 51.9. The van der Waals surface area contributed by atoms with Crippen LogP contribution >= 0.6 is 0 Å². The van der Waals surface area contributed by atoms with Crippen molar-refractivity contribution < 1.29 is 0 Å². The maximum atomic E-state index is 2.68. The summed E-state index contributed by atoms with van der Waals surface area (Å²) in [6.07, 6.45) is 0. The van der Waals surface area contributed by atoms with E-state index in [1.54, 1.807) is 10.4 Å². The third-order valence-corrected chi connectivity index (χ3v) is 13.2. The molecule has 0 atom stereocenters. The molecule has 0 saturated carbocycles. The molecule has 2 nitrogen and oxygen atoms in total. The van der Waals surface area contributed by atoms with Crippen molar-refractivity contribution in [1.82, 2.24) is 9.05 Å². The Kier molecular flexibility index (Phi) is 4.89. The van der Waals surface area contributed by atoms with E-state index in [-0.39, 0.29) is 6.85 Å². The molecule has 0 N–H and O–H groups in total. The summed E-state index contributed by atoms with van der Waals surface area (Å²) in [6.45, 7) is 5.11. The van der Waals surface area contributed by atoms with Crippen LogP contribution in [0.25, 0.3) is 49.3 Å².